The predicted molar refractivity (Wildman–Crippen MR) is 70.4 cm³/mol. The number of carbonyl (C=O) groups is 2. The molecule has 2 aliphatic carbocycles. The zero-order valence-corrected chi connectivity index (χ0v) is 11.5. The number of hydrogen-bond donors (Lipinski definition) is 2. The van der Waals surface area contributed by atoms with Crippen molar-refractivity contribution in [2.75, 3.05) is 0 Å². The number of aliphatic hydroxyl groups is 1. The number of carboxylic acid groups (broad SMARTS) is 1. The molecule has 19 heavy (non-hydrogen) atoms. The van der Waals surface area contributed by atoms with Crippen molar-refractivity contribution in [2.24, 2.45) is 29.6 Å². The van der Waals surface area contributed by atoms with Crippen LogP contribution < -0.4 is 0 Å². The van der Waals surface area contributed by atoms with E-state index in [-0.39, 0.29) is 35.0 Å². The number of rotatable bonds is 3. The molecule has 0 unspecified atom stereocenters. The quantitative estimate of drug-likeness (QED) is 0.765. The summed E-state index contributed by atoms with van der Waals surface area (Å²) in [6.07, 6.45) is 1.66. The zero-order chi connectivity index (χ0) is 14.3. The first-order valence-corrected chi connectivity index (χ1v) is 6.95. The molecule has 2 aliphatic rings. The highest BCUT2D eigenvalue weighted by Gasteiger charge is 2.52. The Balaban J connectivity index is 2.28. The van der Waals surface area contributed by atoms with Crippen molar-refractivity contribution in [1.82, 2.24) is 0 Å². The molecule has 0 heterocycles. The Morgan fingerprint density at radius 3 is 2.37 bits per heavy atom. The molecule has 0 radical (unpaired) electrons. The van der Waals surface area contributed by atoms with Crippen LogP contribution in [-0.4, -0.2) is 28.1 Å². The second-order valence-corrected chi connectivity index (χ2v) is 6.18. The van der Waals surface area contributed by atoms with Crippen molar-refractivity contribution in [3.05, 3.63) is 12.2 Å². The summed E-state index contributed by atoms with van der Waals surface area (Å²) in [6.45, 7) is 7.31. The van der Waals surface area contributed by atoms with Gasteiger partial charge in [-0.25, -0.2) is 4.79 Å². The minimum Gasteiger partial charge on any atom is -0.478 e. The Morgan fingerprint density at radius 2 is 1.84 bits per heavy atom. The summed E-state index contributed by atoms with van der Waals surface area (Å²) in [5.74, 6) is -0.967. The molecule has 2 fully saturated rings. The van der Waals surface area contributed by atoms with Crippen LogP contribution >= 0.6 is 0 Å². The number of aliphatic hydroxyl groups excluding tert-OH is 1. The van der Waals surface area contributed by atoms with Crippen LogP contribution in [0.25, 0.3) is 0 Å². The van der Waals surface area contributed by atoms with Gasteiger partial charge in [-0.05, 0) is 49.9 Å². The molecule has 2 saturated carbocycles. The molecular weight excluding hydrogens is 244 g/mol. The van der Waals surface area contributed by atoms with Crippen LogP contribution in [0.4, 0.5) is 0 Å². The Labute approximate surface area is 113 Å². The Kier molecular flexibility index (Phi) is 3.81. The van der Waals surface area contributed by atoms with Crippen LogP contribution in [0.15, 0.2) is 12.2 Å². The third kappa shape index (κ3) is 2.34. The molecule has 0 amide bonds. The summed E-state index contributed by atoms with van der Waals surface area (Å²) in [5, 5.41) is 19.6. The van der Waals surface area contributed by atoms with Gasteiger partial charge in [0.1, 0.15) is 5.78 Å². The molecule has 0 aromatic rings. The molecule has 2 rings (SSSR count). The lowest BCUT2D eigenvalue weighted by molar-refractivity contribution is -0.134. The van der Waals surface area contributed by atoms with Crippen LogP contribution in [0.5, 0.6) is 0 Å². The van der Waals surface area contributed by atoms with Gasteiger partial charge in [-0.1, -0.05) is 13.5 Å². The van der Waals surface area contributed by atoms with Crippen molar-refractivity contribution in [2.45, 2.75) is 39.2 Å². The minimum absolute atomic E-state index is 0.00814. The van der Waals surface area contributed by atoms with E-state index in [4.69, 9.17) is 5.11 Å². The van der Waals surface area contributed by atoms with E-state index >= 15 is 0 Å². The molecule has 4 nitrogen and oxygen atoms in total. The smallest absolute Gasteiger partial charge is 0.331 e. The standard InChI is InChI=1S/C15H22O4/c1-7-4-5-10(8(2)15(18)19)13-11(7)6-12(9(3)16)14(13)17/h7,10-14,17H,2,4-6H2,1,3H3,(H,18,19)/t7-,10+,11+,12+,13+,14+/m1/s1. The maximum absolute atomic E-state index is 11.6. The second-order valence-electron chi connectivity index (χ2n) is 6.18. The van der Waals surface area contributed by atoms with E-state index in [1.807, 2.05) is 0 Å². The second kappa shape index (κ2) is 5.08. The van der Waals surface area contributed by atoms with Gasteiger partial charge in [0.15, 0.2) is 0 Å². The normalized spacial score (nSPS) is 41.6. The summed E-state index contributed by atoms with van der Waals surface area (Å²) in [7, 11) is 0. The summed E-state index contributed by atoms with van der Waals surface area (Å²) < 4.78 is 0. The lowest BCUT2D eigenvalue weighted by Gasteiger charge is -2.39. The number of carbonyl (C=O) groups excluding carboxylic acids is 1. The van der Waals surface area contributed by atoms with Gasteiger partial charge in [0.2, 0.25) is 0 Å². The first kappa shape index (κ1) is 14.3. The van der Waals surface area contributed by atoms with E-state index in [0.29, 0.717) is 12.3 Å². The molecule has 0 aromatic heterocycles. The van der Waals surface area contributed by atoms with Gasteiger partial charge in [-0.15, -0.1) is 0 Å². The number of ketones is 1. The summed E-state index contributed by atoms with van der Waals surface area (Å²) in [4.78, 5) is 22.8. The molecule has 106 valence electrons. The molecule has 4 heteroatoms. The van der Waals surface area contributed by atoms with Gasteiger partial charge in [-0.2, -0.15) is 0 Å². The Hall–Kier alpha value is -1.16. The van der Waals surface area contributed by atoms with Gasteiger partial charge in [0.05, 0.1) is 6.10 Å². The van der Waals surface area contributed by atoms with Gasteiger partial charge >= 0.3 is 5.97 Å². The number of hydrogen-bond acceptors (Lipinski definition) is 3. The molecule has 0 aliphatic heterocycles. The highest BCUT2D eigenvalue weighted by atomic mass is 16.4. The molecule has 0 aromatic carbocycles. The van der Waals surface area contributed by atoms with Crippen molar-refractivity contribution in [1.29, 1.82) is 0 Å². The zero-order valence-electron chi connectivity index (χ0n) is 11.5. The molecule has 0 bridgehead atoms. The first-order valence-electron chi connectivity index (χ1n) is 6.95. The summed E-state index contributed by atoms with van der Waals surface area (Å²) in [6, 6.07) is 0. The maximum Gasteiger partial charge on any atom is 0.331 e. The van der Waals surface area contributed by atoms with Gasteiger partial charge < -0.3 is 10.2 Å². The molecule has 2 N–H and O–H groups in total. The topological polar surface area (TPSA) is 74.6 Å². The van der Waals surface area contributed by atoms with Crippen LogP contribution in [0.1, 0.15) is 33.1 Å². The predicted octanol–water partition coefficient (Wildman–Crippen LogP) is 1.88. The van der Waals surface area contributed by atoms with E-state index in [2.05, 4.69) is 13.5 Å². The van der Waals surface area contributed by atoms with Crippen LogP contribution in [0.3, 0.4) is 0 Å². The van der Waals surface area contributed by atoms with E-state index in [0.717, 1.165) is 12.8 Å². The largest absolute Gasteiger partial charge is 0.478 e. The summed E-state index contributed by atoms with van der Waals surface area (Å²) in [5.41, 5.74) is 0.185. The highest BCUT2D eigenvalue weighted by molar-refractivity contribution is 5.86. The number of carboxylic acids is 1. The van der Waals surface area contributed by atoms with E-state index in [1.54, 1.807) is 0 Å². The van der Waals surface area contributed by atoms with Gasteiger partial charge in [0, 0.05) is 11.5 Å². The third-order valence-corrected chi connectivity index (χ3v) is 5.20. The minimum atomic E-state index is -0.989. The van der Waals surface area contributed by atoms with Gasteiger partial charge in [0.25, 0.3) is 0 Å². The Morgan fingerprint density at radius 1 is 1.21 bits per heavy atom. The molecule has 0 spiro atoms. The number of aliphatic carboxylic acids is 1. The van der Waals surface area contributed by atoms with Crippen molar-refractivity contribution < 1.29 is 19.8 Å². The van der Waals surface area contributed by atoms with Crippen molar-refractivity contribution >= 4 is 11.8 Å². The van der Waals surface area contributed by atoms with E-state index < -0.39 is 12.1 Å². The monoisotopic (exact) mass is 266 g/mol. The molecule has 6 atom stereocenters. The molecule has 0 saturated heterocycles. The average Bonchev–Trinajstić information content (AvgIpc) is 2.68. The SMILES string of the molecule is C=C(C(=O)O)[C@@H]1CC[C@@H](C)[C@@H]2C[C@@H](C(C)=O)[C@H](O)[C@H]21. The fraction of sp³-hybridized carbons (Fsp3) is 0.733. The van der Waals surface area contributed by atoms with E-state index in [9.17, 15) is 14.7 Å². The van der Waals surface area contributed by atoms with E-state index in [1.165, 1.54) is 6.92 Å². The fourth-order valence-corrected chi connectivity index (χ4v) is 4.08. The third-order valence-electron chi connectivity index (χ3n) is 5.20. The lowest BCUT2D eigenvalue weighted by atomic mass is 9.66. The number of fused-ring (bicyclic) bond motifs is 1. The molecular formula is C15H22O4. The van der Waals surface area contributed by atoms with Crippen molar-refractivity contribution in [3.63, 3.8) is 0 Å². The average molecular weight is 266 g/mol. The van der Waals surface area contributed by atoms with Crippen LogP contribution in [-0.2, 0) is 9.59 Å². The first-order chi connectivity index (χ1) is 8.84. The fourth-order valence-electron chi connectivity index (χ4n) is 4.08. The number of Topliss-reactive ketones (excluding diaryl/α,β-unsaturated/α-hetero) is 1. The van der Waals surface area contributed by atoms with Crippen molar-refractivity contribution in [3.8, 4) is 0 Å². The highest BCUT2D eigenvalue weighted by Crippen LogP contribution is 2.52. The lowest BCUT2D eigenvalue weighted by Crippen LogP contribution is -2.38. The van der Waals surface area contributed by atoms with Gasteiger partial charge in [-0.3, -0.25) is 4.79 Å². The Bertz CT molecular complexity index is 414. The maximum atomic E-state index is 11.6. The summed E-state index contributed by atoms with van der Waals surface area (Å²) >= 11 is 0. The van der Waals surface area contributed by atoms with Crippen LogP contribution in [0, 0.1) is 29.6 Å². The van der Waals surface area contributed by atoms with Crippen LogP contribution in [0.2, 0.25) is 0 Å².